The summed E-state index contributed by atoms with van der Waals surface area (Å²) in [6.07, 6.45) is 2.31. The van der Waals surface area contributed by atoms with Crippen molar-refractivity contribution < 1.29 is 0 Å². The summed E-state index contributed by atoms with van der Waals surface area (Å²) in [7, 11) is 2.11. The van der Waals surface area contributed by atoms with Crippen molar-refractivity contribution in [3.8, 4) is 0 Å². The average molecular weight is 290 g/mol. The van der Waals surface area contributed by atoms with Crippen molar-refractivity contribution in [1.82, 2.24) is 10.2 Å². The Bertz CT molecular complexity index is 431. The lowest BCUT2D eigenvalue weighted by atomic mass is 9.77. The summed E-state index contributed by atoms with van der Waals surface area (Å²) in [6.45, 7) is 15.8. The van der Waals surface area contributed by atoms with Gasteiger partial charge in [0.05, 0.1) is 6.04 Å². The molecule has 0 amide bonds. The first-order chi connectivity index (χ1) is 10.00. The highest BCUT2D eigenvalue weighted by Gasteiger charge is 2.40. The summed E-state index contributed by atoms with van der Waals surface area (Å²) in [5.41, 5.74) is 4.36. The van der Waals surface area contributed by atoms with Gasteiger partial charge in [-0.25, -0.2) is 0 Å². The monoisotopic (exact) mass is 290 g/mol. The third kappa shape index (κ3) is 3.49. The Morgan fingerprint density at radius 2 is 1.62 bits per heavy atom. The van der Waals surface area contributed by atoms with Gasteiger partial charge in [-0.3, -0.25) is 4.90 Å². The van der Waals surface area contributed by atoms with E-state index in [-0.39, 0.29) is 5.54 Å². The van der Waals surface area contributed by atoms with E-state index in [0.717, 1.165) is 25.9 Å². The number of nitrogens with zero attached hydrogens (tertiary/aromatic N) is 1. The Morgan fingerprint density at radius 3 is 2.05 bits per heavy atom. The number of likely N-dealkylation sites (N-methyl/N-ethyl adjacent to an activating group) is 2. The molecule has 0 aliphatic heterocycles. The maximum Gasteiger partial charge on any atom is 0.0507 e. The van der Waals surface area contributed by atoms with Crippen LogP contribution >= 0.6 is 0 Å². The second-order valence-electron chi connectivity index (χ2n) is 6.06. The molecule has 0 saturated heterocycles. The molecule has 1 atom stereocenters. The van der Waals surface area contributed by atoms with E-state index in [9.17, 15) is 0 Å². The molecule has 21 heavy (non-hydrogen) atoms. The van der Waals surface area contributed by atoms with Crippen LogP contribution in [0.1, 0.15) is 63.3 Å². The SMILES string of the molecule is CCN(CC)C(CC)(CC)C(NC)c1cc(C)ccc1C. The lowest BCUT2D eigenvalue weighted by molar-refractivity contribution is 0.0512. The van der Waals surface area contributed by atoms with Crippen LogP contribution in [-0.4, -0.2) is 30.6 Å². The molecule has 0 aromatic heterocycles. The van der Waals surface area contributed by atoms with Gasteiger partial charge in [0.2, 0.25) is 0 Å². The summed E-state index contributed by atoms with van der Waals surface area (Å²) in [5.74, 6) is 0. The number of benzene rings is 1. The zero-order chi connectivity index (χ0) is 16.0. The van der Waals surface area contributed by atoms with Crippen molar-refractivity contribution in [2.45, 2.75) is 66.0 Å². The fourth-order valence-electron chi connectivity index (χ4n) is 3.93. The lowest BCUT2D eigenvalue weighted by Gasteiger charge is -2.48. The van der Waals surface area contributed by atoms with E-state index >= 15 is 0 Å². The van der Waals surface area contributed by atoms with Crippen molar-refractivity contribution in [1.29, 1.82) is 0 Å². The minimum atomic E-state index is 0.177. The van der Waals surface area contributed by atoms with Crippen molar-refractivity contribution in [2.75, 3.05) is 20.1 Å². The minimum Gasteiger partial charge on any atom is -0.311 e. The molecule has 0 radical (unpaired) electrons. The number of aryl methyl sites for hydroxylation is 2. The number of hydrogen-bond donors (Lipinski definition) is 1. The van der Waals surface area contributed by atoms with Gasteiger partial charge in [-0.2, -0.15) is 0 Å². The summed E-state index contributed by atoms with van der Waals surface area (Å²) in [6, 6.07) is 7.20. The number of nitrogens with one attached hydrogen (secondary N) is 1. The van der Waals surface area contributed by atoms with Crippen LogP contribution in [0.25, 0.3) is 0 Å². The standard InChI is InChI=1S/C19H34N2/c1-8-19(9-2,21(10-3)11-4)18(20-7)17-14-15(5)12-13-16(17)6/h12-14,18,20H,8-11H2,1-7H3. The Morgan fingerprint density at radius 1 is 1.05 bits per heavy atom. The van der Waals surface area contributed by atoms with E-state index in [0.29, 0.717) is 6.04 Å². The topological polar surface area (TPSA) is 15.3 Å². The van der Waals surface area contributed by atoms with Crippen LogP contribution in [0.2, 0.25) is 0 Å². The predicted octanol–water partition coefficient (Wildman–Crippen LogP) is 4.46. The minimum absolute atomic E-state index is 0.177. The normalized spacial score (nSPS) is 13.7. The highest BCUT2D eigenvalue weighted by Crippen LogP contribution is 2.38. The van der Waals surface area contributed by atoms with Gasteiger partial charge in [0.1, 0.15) is 0 Å². The fourth-order valence-corrected chi connectivity index (χ4v) is 3.93. The molecule has 1 unspecified atom stereocenters. The molecule has 0 saturated carbocycles. The van der Waals surface area contributed by atoms with Crippen LogP contribution < -0.4 is 5.32 Å². The van der Waals surface area contributed by atoms with Crippen LogP contribution in [0.4, 0.5) is 0 Å². The molecule has 0 spiro atoms. The summed E-state index contributed by atoms with van der Waals surface area (Å²) in [5, 5.41) is 3.64. The molecule has 1 aromatic rings. The van der Waals surface area contributed by atoms with Gasteiger partial charge in [-0.15, -0.1) is 0 Å². The van der Waals surface area contributed by atoms with E-state index in [4.69, 9.17) is 0 Å². The third-order valence-corrected chi connectivity index (χ3v) is 5.19. The maximum absolute atomic E-state index is 3.64. The summed E-state index contributed by atoms with van der Waals surface area (Å²) < 4.78 is 0. The van der Waals surface area contributed by atoms with Crippen molar-refractivity contribution in [3.63, 3.8) is 0 Å². The molecule has 2 heteroatoms. The molecule has 1 rings (SSSR count). The molecule has 0 heterocycles. The fraction of sp³-hybridized carbons (Fsp3) is 0.684. The van der Waals surface area contributed by atoms with Crippen molar-refractivity contribution in [3.05, 3.63) is 34.9 Å². The van der Waals surface area contributed by atoms with Gasteiger partial charge in [0, 0.05) is 5.54 Å². The van der Waals surface area contributed by atoms with Crippen molar-refractivity contribution >= 4 is 0 Å². The Labute approximate surface area is 131 Å². The van der Waals surface area contributed by atoms with E-state index in [1.807, 2.05) is 0 Å². The molecule has 0 fully saturated rings. The molecular weight excluding hydrogens is 256 g/mol. The zero-order valence-electron chi connectivity index (χ0n) is 15.1. The molecule has 0 bridgehead atoms. The van der Waals surface area contributed by atoms with Gasteiger partial charge in [-0.05, 0) is 58.0 Å². The van der Waals surface area contributed by atoms with Crippen LogP contribution in [0, 0.1) is 13.8 Å². The lowest BCUT2D eigenvalue weighted by Crippen LogP contribution is -2.55. The van der Waals surface area contributed by atoms with E-state index in [1.54, 1.807) is 0 Å². The Kier molecular flexibility index (Phi) is 6.89. The quantitative estimate of drug-likeness (QED) is 0.760. The average Bonchev–Trinajstić information content (AvgIpc) is 2.50. The first-order valence-electron chi connectivity index (χ1n) is 8.50. The van der Waals surface area contributed by atoms with E-state index in [1.165, 1.54) is 16.7 Å². The van der Waals surface area contributed by atoms with Gasteiger partial charge in [0.25, 0.3) is 0 Å². The molecule has 2 nitrogen and oxygen atoms in total. The van der Waals surface area contributed by atoms with Crippen LogP contribution in [-0.2, 0) is 0 Å². The van der Waals surface area contributed by atoms with E-state index < -0.39 is 0 Å². The molecule has 0 aliphatic carbocycles. The Balaban J connectivity index is 3.40. The number of rotatable bonds is 8. The molecule has 1 N–H and O–H groups in total. The van der Waals surface area contributed by atoms with Crippen molar-refractivity contribution in [2.24, 2.45) is 0 Å². The second kappa shape index (κ2) is 7.95. The van der Waals surface area contributed by atoms with E-state index in [2.05, 4.69) is 77.0 Å². The summed E-state index contributed by atoms with van der Waals surface area (Å²) in [4.78, 5) is 2.63. The first kappa shape index (κ1) is 18.2. The largest absolute Gasteiger partial charge is 0.311 e. The molecule has 120 valence electrons. The first-order valence-corrected chi connectivity index (χ1v) is 8.50. The highest BCUT2D eigenvalue weighted by molar-refractivity contribution is 5.35. The third-order valence-electron chi connectivity index (χ3n) is 5.19. The van der Waals surface area contributed by atoms with Gasteiger partial charge in [0.15, 0.2) is 0 Å². The second-order valence-corrected chi connectivity index (χ2v) is 6.06. The van der Waals surface area contributed by atoms with Crippen LogP contribution in [0.15, 0.2) is 18.2 Å². The molecule has 1 aromatic carbocycles. The van der Waals surface area contributed by atoms with Gasteiger partial charge < -0.3 is 5.32 Å². The maximum atomic E-state index is 3.64. The predicted molar refractivity (Wildman–Crippen MR) is 94.0 cm³/mol. The summed E-state index contributed by atoms with van der Waals surface area (Å²) >= 11 is 0. The van der Waals surface area contributed by atoms with Gasteiger partial charge >= 0.3 is 0 Å². The number of hydrogen-bond acceptors (Lipinski definition) is 2. The smallest absolute Gasteiger partial charge is 0.0507 e. The highest BCUT2D eigenvalue weighted by atomic mass is 15.2. The van der Waals surface area contributed by atoms with Crippen LogP contribution in [0.3, 0.4) is 0 Å². The van der Waals surface area contributed by atoms with Crippen LogP contribution in [0.5, 0.6) is 0 Å². The Hall–Kier alpha value is -0.860. The molecule has 0 aliphatic rings. The molecular formula is C19H34N2. The zero-order valence-corrected chi connectivity index (χ0v) is 15.1. The van der Waals surface area contributed by atoms with Gasteiger partial charge in [-0.1, -0.05) is 51.5 Å².